The molecule has 21 heavy (non-hydrogen) atoms. The van der Waals surface area contributed by atoms with Gasteiger partial charge >= 0.3 is 0 Å². The molecule has 2 amide bonds. The Hall–Kier alpha value is -1.75. The lowest BCUT2D eigenvalue weighted by molar-refractivity contribution is -0.126. The van der Waals surface area contributed by atoms with E-state index in [0.717, 1.165) is 6.42 Å². The molecular weight excluding hydrogens is 292 g/mol. The minimum atomic E-state index is -0.421. The van der Waals surface area contributed by atoms with E-state index in [1.165, 1.54) is 0 Å². The van der Waals surface area contributed by atoms with Gasteiger partial charge in [0.15, 0.2) is 0 Å². The predicted octanol–water partition coefficient (Wildman–Crippen LogP) is 1.89. The smallest absolute Gasteiger partial charge is 0.242 e. The summed E-state index contributed by atoms with van der Waals surface area (Å²) in [6.07, 6.45) is 1.53. The molecule has 0 bridgehead atoms. The highest BCUT2D eigenvalue weighted by Crippen LogP contribution is 2.24. The lowest BCUT2D eigenvalue weighted by atomic mass is 10.2. The molecule has 1 aromatic carbocycles. The van der Waals surface area contributed by atoms with Crippen LogP contribution in [0.4, 0.5) is 0 Å². The molecule has 0 aromatic heterocycles. The van der Waals surface area contributed by atoms with Crippen LogP contribution in [0, 0.1) is 0 Å². The van der Waals surface area contributed by atoms with E-state index in [9.17, 15) is 9.59 Å². The van der Waals surface area contributed by atoms with Crippen LogP contribution in [0.2, 0.25) is 5.02 Å². The van der Waals surface area contributed by atoms with Crippen molar-refractivity contribution in [2.45, 2.75) is 38.3 Å². The fraction of sp³-hybridized carbons (Fsp3) is 0.467. The first kappa shape index (κ1) is 15.6. The molecule has 0 spiro atoms. The number of rotatable bonds is 6. The average Bonchev–Trinajstić information content (AvgIpc) is 2.91. The van der Waals surface area contributed by atoms with Crippen LogP contribution >= 0.6 is 11.6 Å². The van der Waals surface area contributed by atoms with Crippen molar-refractivity contribution in [2.75, 3.05) is 6.54 Å². The Labute approximate surface area is 129 Å². The molecule has 0 radical (unpaired) electrons. The molecular formula is C15H19ClN2O3. The van der Waals surface area contributed by atoms with E-state index in [1.54, 1.807) is 12.1 Å². The molecule has 114 valence electrons. The summed E-state index contributed by atoms with van der Waals surface area (Å²) in [4.78, 5) is 23.0. The number of carbonyl (C=O) groups excluding carboxylic acids is 2. The van der Waals surface area contributed by atoms with Crippen molar-refractivity contribution in [3.63, 3.8) is 0 Å². The van der Waals surface area contributed by atoms with E-state index in [4.69, 9.17) is 16.3 Å². The van der Waals surface area contributed by atoms with Crippen LogP contribution < -0.4 is 15.4 Å². The Morgan fingerprint density at radius 3 is 2.90 bits per heavy atom. The van der Waals surface area contributed by atoms with Gasteiger partial charge in [-0.2, -0.15) is 0 Å². The van der Waals surface area contributed by atoms with Gasteiger partial charge in [-0.25, -0.2) is 0 Å². The number of amides is 2. The monoisotopic (exact) mass is 310 g/mol. The molecule has 2 N–H and O–H groups in total. The van der Waals surface area contributed by atoms with E-state index in [0.29, 0.717) is 30.2 Å². The van der Waals surface area contributed by atoms with E-state index in [2.05, 4.69) is 10.6 Å². The molecule has 0 saturated carbocycles. The minimum Gasteiger partial charge on any atom is -0.487 e. The fourth-order valence-corrected chi connectivity index (χ4v) is 2.32. The highest BCUT2D eigenvalue weighted by atomic mass is 35.5. The average molecular weight is 311 g/mol. The second kappa shape index (κ2) is 7.31. The lowest BCUT2D eigenvalue weighted by Gasteiger charge is -2.20. The summed E-state index contributed by atoms with van der Waals surface area (Å²) in [7, 11) is 0. The summed E-state index contributed by atoms with van der Waals surface area (Å²) < 4.78 is 5.79. The van der Waals surface area contributed by atoms with Gasteiger partial charge in [-0.3, -0.25) is 9.59 Å². The zero-order valence-electron chi connectivity index (χ0n) is 11.9. The topological polar surface area (TPSA) is 67.4 Å². The van der Waals surface area contributed by atoms with Gasteiger partial charge in [-0.15, -0.1) is 0 Å². The first-order valence-electron chi connectivity index (χ1n) is 7.08. The Kier molecular flexibility index (Phi) is 5.44. The predicted molar refractivity (Wildman–Crippen MR) is 80.3 cm³/mol. The summed E-state index contributed by atoms with van der Waals surface area (Å²) in [5.74, 6) is 0.367. The van der Waals surface area contributed by atoms with Crippen molar-refractivity contribution in [2.24, 2.45) is 0 Å². The molecule has 2 rings (SSSR count). The van der Waals surface area contributed by atoms with Crippen molar-refractivity contribution < 1.29 is 14.3 Å². The third-order valence-electron chi connectivity index (χ3n) is 3.40. The Morgan fingerprint density at radius 1 is 1.52 bits per heavy atom. The highest BCUT2D eigenvalue weighted by Gasteiger charge is 2.27. The number of carbonyl (C=O) groups is 2. The molecule has 5 nitrogen and oxygen atoms in total. The number of nitrogens with one attached hydrogen (secondary N) is 2. The number of hydrogen-bond donors (Lipinski definition) is 2. The quantitative estimate of drug-likeness (QED) is 0.843. The van der Waals surface area contributed by atoms with Crippen LogP contribution in [0.5, 0.6) is 5.75 Å². The van der Waals surface area contributed by atoms with Crippen LogP contribution in [0.3, 0.4) is 0 Å². The number of halogens is 1. The Balaban J connectivity index is 1.84. The molecule has 2 atom stereocenters. The van der Waals surface area contributed by atoms with Gasteiger partial charge in [-0.1, -0.05) is 30.7 Å². The number of ether oxygens (including phenoxy) is 1. The molecule has 1 aromatic rings. The van der Waals surface area contributed by atoms with E-state index >= 15 is 0 Å². The van der Waals surface area contributed by atoms with Crippen molar-refractivity contribution >= 4 is 23.4 Å². The third-order valence-corrected chi connectivity index (χ3v) is 3.71. The highest BCUT2D eigenvalue weighted by molar-refractivity contribution is 6.32. The summed E-state index contributed by atoms with van der Waals surface area (Å²) in [5, 5.41) is 6.00. The van der Waals surface area contributed by atoms with Crippen LogP contribution in [0.15, 0.2) is 24.3 Å². The van der Waals surface area contributed by atoms with Gasteiger partial charge in [0.1, 0.15) is 17.9 Å². The summed E-state index contributed by atoms with van der Waals surface area (Å²) in [6, 6.07) is 6.82. The van der Waals surface area contributed by atoms with Gasteiger partial charge in [-0.05, 0) is 25.0 Å². The first-order valence-corrected chi connectivity index (χ1v) is 7.46. The maximum atomic E-state index is 11.9. The maximum Gasteiger partial charge on any atom is 0.242 e. The molecule has 1 heterocycles. The minimum absolute atomic E-state index is 0.0745. The number of benzene rings is 1. The lowest BCUT2D eigenvalue weighted by Crippen LogP contribution is -2.45. The molecule has 1 aliphatic rings. The van der Waals surface area contributed by atoms with Crippen LogP contribution in [-0.2, 0) is 9.59 Å². The molecule has 1 aliphatic heterocycles. The molecule has 0 aliphatic carbocycles. The van der Waals surface area contributed by atoms with E-state index in [1.807, 2.05) is 19.1 Å². The largest absolute Gasteiger partial charge is 0.487 e. The second-order valence-corrected chi connectivity index (χ2v) is 5.39. The van der Waals surface area contributed by atoms with Crippen molar-refractivity contribution in [1.29, 1.82) is 0 Å². The number of para-hydroxylation sites is 1. The zero-order valence-corrected chi connectivity index (χ0v) is 12.7. The summed E-state index contributed by atoms with van der Waals surface area (Å²) in [5.41, 5.74) is 0. The molecule has 6 heteroatoms. The number of hydrogen-bond acceptors (Lipinski definition) is 3. The SMILES string of the molecule is CC[C@@H](CNC(=O)[C@H]1CCC(=O)N1)Oc1ccccc1Cl. The van der Waals surface area contributed by atoms with Gasteiger partial charge in [0.2, 0.25) is 11.8 Å². The Morgan fingerprint density at radius 2 is 2.29 bits per heavy atom. The standard InChI is InChI=1S/C15H19ClN2O3/c1-2-10(21-13-6-4-3-5-11(13)16)9-17-15(20)12-7-8-14(19)18-12/h3-6,10,12H,2,7-9H2,1H3,(H,17,20)(H,18,19)/t10-,12+/m0/s1. The van der Waals surface area contributed by atoms with Crippen LogP contribution in [-0.4, -0.2) is 30.5 Å². The van der Waals surface area contributed by atoms with Crippen molar-refractivity contribution in [1.82, 2.24) is 10.6 Å². The van der Waals surface area contributed by atoms with Crippen LogP contribution in [0.1, 0.15) is 26.2 Å². The van der Waals surface area contributed by atoms with Crippen molar-refractivity contribution in [3.05, 3.63) is 29.3 Å². The normalized spacial score (nSPS) is 19.0. The molecule has 0 unspecified atom stereocenters. The third kappa shape index (κ3) is 4.36. The second-order valence-electron chi connectivity index (χ2n) is 4.98. The fourth-order valence-electron chi connectivity index (χ4n) is 2.14. The van der Waals surface area contributed by atoms with E-state index in [-0.39, 0.29) is 17.9 Å². The van der Waals surface area contributed by atoms with Gasteiger partial charge in [0.05, 0.1) is 11.6 Å². The van der Waals surface area contributed by atoms with Gasteiger partial charge < -0.3 is 15.4 Å². The van der Waals surface area contributed by atoms with E-state index < -0.39 is 6.04 Å². The maximum absolute atomic E-state index is 11.9. The zero-order chi connectivity index (χ0) is 15.2. The molecule has 1 fully saturated rings. The van der Waals surface area contributed by atoms with Gasteiger partial charge in [0.25, 0.3) is 0 Å². The first-order chi connectivity index (χ1) is 10.1. The van der Waals surface area contributed by atoms with Crippen molar-refractivity contribution in [3.8, 4) is 5.75 Å². The molecule has 1 saturated heterocycles. The Bertz CT molecular complexity index is 521. The van der Waals surface area contributed by atoms with Gasteiger partial charge in [0, 0.05) is 6.42 Å². The summed E-state index contributed by atoms with van der Waals surface area (Å²) in [6.45, 7) is 2.36. The summed E-state index contributed by atoms with van der Waals surface area (Å²) >= 11 is 6.05. The van der Waals surface area contributed by atoms with Crippen LogP contribution in [0.25, 0.3) is 0 Å².